The van der Waals surface area contributed by atoms with E-state index in [9.17, 15) is 10.2 Å². The van der Waals surface area contributed by atoms with Crippen molar-refractivity contribution in [3.63, 3.8) is 0 Å². The minimum absolute atomic E-state index is 0.106. The zero-order valence-electron chi connectivity index (χ0n) is 16.6. The Balaban J connectivity index is 1.47. The molecule has 1 saturated heterocycles. The third-order valence-corrected chi connectivity index (χ3v) is 6.94. The summed E-state index contributed by atoms with van der Waals surface area (Å²) in [5, 5.41) is 20.9. The summed E-state index contributed by atoms with van der Waals surface area (Å²) in [6.07, 6.45) is 1.08. The lowest BCUT2D eigenvalue weighted by atomic mass is 9.41. The number of para-hydroxylation sites is 1. The molecular weight excluding hydrogens is 356 g/mol. The van der Waals surface area contributed by atoms with Crippen LogP contribution in [0.15, 0.2) is 30.3 Å². The lowest BCUT2D eigenvalue weighted by Gasteiger charge is -2.68. The number of aliphatic hydroxyl groups excluding tert-OH is 2. The van der Waals surface area contributed by atoms with Gasteiger partial charge in [-0.25, -0.2) is 0 Å². The summed E-state index contributed by atoms with van der Waals surface area (Å²) in [4.78, 5) is 0. The van der Waals surface area contributed by atoms with Crippen molar-refractivity contribution < 1.29 is 24.4 Å². The minimum Gasteiger partial charge on any atom is -0.490 e. The summed E-state index contributed by atoms with van der Waals surface area (Å²) in [6, 6.07) is 9.38. The molecule has 0 amide bonds. The van der Waals surface area contributed by atoms with Crippen molar-refractivity contribution in [1.29, 1.82) is 0 Å². The Labute approximate surface area is 167 Å². The van der Waals surface area contributed by atoms with Gasteiger partial charge in [0.05, 0.1) is 25.2 Å². The highest BCUT2D eigenvalue weighted by molar-refractivity contribution is 5.25. The van der Waals surface area contributed by atoms with Crippen molar-refractivity contribution >= 4 is 0 Å². The average Bonchev–Trinajstić information content (AvgIpc) is 3.23. The molecule has 4 rings (SSSR count). The molecule has 5 nitrogen and oxygen atoms in total. The Morgan fingerprint density at radius 2 is 1.96 bits per heavy atom. The predicted molar refractivity (Wildman–Crippen MR) is 104 cm³/mol. The highest BCUT2D eigenvalue weighted by Crippen LogP contribution is 2.70. The first-order valence-electron chi connectivity index (χ1n) is 10.3. The first kappa shape index (κ1) is 19.7. The van der Waals surface area contributed by atoms with Gasteiger partial charge in [0.2, 0.25) is 0 Å². The van der Waals surface area contributed by atoms with Gasteiger partial charge in [-0.05, 0) is 37.3 Å². The molecule has 0 aromatic heterocycles. The summed E-state index contributed by atoms with van der Waals surface area (Å²) in [7, 11) is 0. The maximum atomic E-state index is 10.7. The zero-order valence-corrected chi connectivity index (χ0v) is 16.6. The Morgan fingerprint density at radius 1 is 1.25 bits per heavy atom. The van der Waals surface area contributed by atoms with E-state index < -0.39 is 18.0 Å². The van der Waals surface area contributed by atoms with E-state index in [1.54, 1.807) is 0 Å². The highest BCUT2D eigenvalue weighted by Gasteiger charge is 2.75. The lowest BCUT2D eigenvalue weighted by molar-refractivity contribution is -0.384. The van der Waals surface area contributed by atoms with Crippen LogP contribution in [0.5, 0.6) is 5.75 Å². The van der Waals surface area contributed by atoms with Crippen molar-refractivity contribution in [1.82, 2.24) is 0 Å². The molecule has 152 valence electrons. The SMILES string of the molecule is CCC1[C@H]2[C@H](C#C[C@H](O)COc3ccccc3)[C@@H](O)CC[C@@]2(C)C12OCCO2. The van der Waals surface area contributed by atoms with E-state index in [1.165, 1.54) is 0 Å². The average molecular weight is 386 g/mol. The molecule has 3 fully saturated rings. The highest BCUT2D eigenvalue weighted by atomic mass is 16.7. The molecule has 1 heterocycles. The first-order valence-corrected chi connectivity index (χ1v) is 10.3. The van der Waals surface area contributed by atoms with E-state index in [1.807, 2.05) is 30.3 Å². The smallest absolute Gasteiger partial charge is 0.177 e. The van der Waals surface area contributed by atoms with Crippen LogP contribution in [0.3, 0.4) is 0 Å². The van der Waals surface area contributed by atoms with Gasteiger partial charge in [0.1, 0.15) is 18.5 Å². The number of hydrogen-bond donors (Lipinski definition) is 2. The Kier molecular flexibility index (Phi) is 5.41. The van der Waals surface area contributed by atoms with Gasteiger partial charge in [-0.2, -0.15) is 0 Å². The number of rotatable bonds is 4. The molecule has 2 aliphatic carbocycles. The maximum Gasteiger partial charge on any atom is 0.177 e. The van der Waals surface area contributed by atoms with Crippen molar-refractivity contribution in [3.8, 4) is 17.6 Å². The Morgan fingerprint density at radius 3 is 2.64 bits per heavy atom. The summed E-state index contributed by atoms with van der Waals surface area (Å²) < 4.78 is 17.8. The minimum atomic E-state index is -0.895. The van der Waals surface area contributed by atoms with Crippen LogP contribution in [0.25, 0.3) is 0 Å². The molecule has 2 N–H and O–H groups in total. The zero-order chi connectivity index (χ0) is 19.8. The molecule has 1 aromatic carbocycles. The van der Waals surface area contributed by atoms with Gasteiger partial charge in [-0.1, -0.05) is 43.9 Å². The maximum absolute atomic E-state index is 10.7. The lowest BCUT2D eigenvalue weighted by Crippen LogP contribution is -2.74. The second-order valence-electron chi connectivity index (χ2n) is 8.38. The molecule has 5 heteroatoms. The molecule has 0 radical (unpaired) electrons. The van der Waals surface area contributed by atoms with E-state index in [4.69, 9.17) is 14.2 Å². The fourth-order valence-corrected chi connectivity index (χ4v) is 5.70. The van der Waals surface area contributed by atoms with E-state index in [0.717, 1.165) is 12.8 Å². The van der Waals surface area contributed by atoms with Crippen LogP contribution in [-0.2, 0) is 9.47 Å². The van der Waals surface area contributed by atoms with E-state index in [-0.39, 0.29) is 29.8 Å². The summed E-state index contributed by atoms with van der Waals surface area (Å²) >= 11 is 0. The number of hydrogen-bond acceptors (Lipinski definition) is 5. The number of benzene rings is 1. The molecule has 1 spiro atoms. The molecule has 6 atom stereocenters. The summed E-state index contributed by atoms with van der Waals surface area (Å²) in [5.41, 5.74) is -0.145. The van der Waals surface area contributed by atoms with Gasteiger partial charge in [0.15, 0.2) is 5.79 Å². The van der Waals surface area contributed by atoms with E-state index >= 15 is 0 Å². The predicted octanol–water partition coefficient (Wildman–Crippen LogP) is 2.61. The van der Waals surface area contributed by atoms with Gasteiger partial charge in [-0.3, -0.25) is 0 Å². The number of aliphatic hydroxyl groups is 2. The second kappa shape index (κ2) is 7.68. The Hall–Kier alpha value is -1.58. The third-order valence-electron chi connectivity index (χ3n) is 6.94. The molecule has 2 saturated carbocycles. The van der Waals surface area contributed by atoms with Crippen LogP contribution in [0.4, 0.5) is 0 Å². The van der Waals surface area contributed by atoms with Gasteiger partial charge in [-0.15, -0.1) is 0 Å². The van der Waals surface area contributed by atoms with Crippen LogP contribution < -0.4 is 4.74 Å². The fourth-order valence-electron chi connectivity index (χ4n) is 5.70. The second-order valence-corrected chi connectivity index (χ2v) is 8.38. The van der Waals surface area contributed by atoms with Crippen LogP contribution in [0.1, 0.15) is 33.1 Å². The van der Waals surface area contributed by atoms with Crippen molar-refractivity contribution in [2.75, 3.05) is 19.8 Å². The molecular formula is C23H30O5. The molecule has 0 bridgehead atoms. The Bertz CT molecular complexity index is 732. The number of ether oxygens (including phenoxy) is 3. The van der Waals surface area contributed by atoms with Gasteiger partial charge in [0, 0.05) is 11.3 Å². The van der Waals surface area contributed by atoms with Crippen LogP contribution >= 0.6 is 0 Å². The van der Waals surface area contributed by atoms with E-state index in [2.05, 4.69) is 25.7 Å². The summed E-state index contributed by atoms with van der Waals surface area (Å²) in [6.45, 7) is 5.73. The quantitative estimate of drug-likeness (QED) is 0.779. The topological polar surface area (TPSA) is 68.2 Å². The van der Waals surface area contributed by atoms with Crippen LogP contribution in [-0.4, -0.2) is 48.0 Å². The fraction of sp³-hybridized carbons (Fsp3) is 0.652. The molecule has 28 heavy (non-hydrogen) atoms. The largest absolute Gasteiger partial charge is 0.490 e. The van der Waals surface area contributed by atoms with E-state index in [0.29, 0.717) is 25.4 Å². The van der Waals surface area contributed by atoms with Gasteiger partial charge >= 0.3 is 0 Å². The molecule has 1 aliphatic heterocycles. The normalized spacial score (nSPS) is 36.7. The number of fused-ring (bicyclic) bond motifs is 2. The van der Waals surface area contributed by atoms with Crippen LogP contribution in [0.2, 0.25) is 0 Å². The van der Waals surface area contributed by atoms with Gasteiger partial charge < -0.3 is 24.4 Å². The van der Waals surface area contributed by atoms with Crippen molar-refractivity contribution in [2.24, 2.45) is 23.2 Å². The molecule has 3 aliphatic rings. The van der Waals surface area contributed by atoms with Gasteiger partial charge in [0.25, 0.3) is 0 Å². The van der Waals surface area contributed by atoms with Crippen molar-refractivity contribution in [2.45, 2.75) is 51.1 Å². The molecule has 1 unspecified atom stereocenters. The molecule has 1 aromatic rings. The standard InChI is InChI=1S/C23H30O5/c1-3-19-21-18(10-9-16(24)15-26-17-7-5-4-6-8-17)20(25)11-12-22(21,2)23(19)27-13-14-28-23/h4-8,16,18-21,24-25H,3,11-15H2,1-2H3/t16-,18+,19?,20-,21+,22+/m0/s1. The summed E-state index contributed by atoms with van der Waals surface area (Å²) in [5.74, 6) is 6.52. The monoisotopic (exact) mass is 386 g/mol. The van der Waals surface area contributed by atoms with Crippen molar-refractivity contribution in [3.05, 3.63) is 30.3 Å². The van der Waals surface area contributed by atoms with Crippen LogP contribution in [0, 0.1) is 35.0 Å². The third kappa shape index (κ3) is 3.04. The first-order chi connectivity index (χ1) is 13.5.